The van der Waals surface area contributed by atoms with E-state index in [4.69, 9.17) is 11.5 Å². The third-order valence-corrected chi connectivity index (χ3v) is 2.26. The summed E-state index contributed by atoms with van der Waals surface area (Å²) in [4.78, 5) is 7.98. The number of rotatable bonds is 0. The molecule has 2 rings (SSSR count). The molecule has 2 heterocycles. The number of nitrogens with zero attached hydrogens (tertiary/aromatic N) is 2. The number of thiazole rings is 1. The van der Waals surface area contributed by atoms with Gasteiger partial charge in [-0.1, -0.05) is 11.3 Å². The number of aromatic nitrogens is 2. The first-order valence-electron chi connectivity index (χ1n) is 3.04. The van der Waals surface area contributed by atoms with Crippen LogP contribution in [0.15, 0.2) is 12.3 Å². The van der Waals surface area contributed by atoms with Crippen LogP contribution < -0.4 is 11.5 Å². The highest BCUT2D eigenvalue weighted by Gasteiger charge is 2.03. The molecular weight excluding hydrogens is 160 g/mol. The average molecular weight is 166 g/mol. The van der Waals surface area contributed by atoms with Gasteiger partial charge in [-0.05, 0) is 6.07 Å². The van der Waals surface area contributed by atoms with Crippen molar-refractivity contribution in [1.82, 2.24) is 9.97 Å². The molecule has 0 amide bonds. The first kappa shape index (κ1) is 6.36. The van der Waals surface area contributed by atoms with E-state index in [1.807, 2.05) is 0 Å². The van der Waals surface area contributed by atoms with Crippen molar-refractivity contribution < 1.29 is 0 Å². The van der Waals surface area contributed by atoms with Gasteiger partial charge in [0.15, 0.2) is 10.8 Å². The maximum atomic E-state index is 5.64. The van der Waals surface area contributed by atoms with E-state index in [-0.39, 0.29) is 0 Å². The maximum Gasteiger partial charge on any atom is 0.182 e. The Labute approximate surface area is 66.9 Å². The summed E-state index contributed by atoms with van der Waals surface area (Å²) in [5.41, 5.74) is 12.4. The molecule has 0 unspecified atom stereocenters. The smallest absolute Gasteiger partial charge is 0.182 e. The monoisotopic (exact) mass is 166 g/mol. The first-order chi connectivity index (χ1) is 5.27. The van der Waals surface area contributed by atoms with Crippen LogP contribution in [-0.4, -0.2) is 9.97 Å². The SMILES string of the molecule is Nc1nc2nccc(N)c2s1. The Balaban J connectivity index is 2.90. The normalized spacial score (nSPS) is 10.5. The van der Waals surface area contributed by atoms with Gasteiger partial charge in [0.05, 0.1) is 10.4 Å². The van der Waals surface area contributed by atoms with Crippen molar-refractivity contribution >= 4 is 32.5 Å². The van der Waals surface area contributed by atoms with Gasteiger partial charge in [-0.15, -0.1) is 0 Å². The van der Waals surface area contributed by atoms with Gasteiger partial charge in [-0.3, -0.25) is 0 Å². The van der Waals surface area contributed by atoms with E-state index in [9.17, 15) is 0 Å². The highest BCUT2D eigenvalue weighted by Crippen LogP contribution is 2.26. The van der Waals surface area contributed by atoms with Crippen LogP contribution in [0.5, 0.6) is 0 Å². The van der Waals surface area contributed by atoms with Crippen molar-refractivity contribution in [2.45, 2.75) is 0 Å². The molecule has 4 nitrogen and oxygen atoms in total. The molecular formula is C6H6N4S. The summed E-state index contributed by atoms with van der Waals surface area (Å²) in [5.74, 6) is 0. The zero-order valence-electron chi connectivity index (χ0n) is 5.61. The molecule has 0 saturated heterocycles. The molecule has 0 bridgehead atoms. The van der Waals surface area contributed by atoms with E-state index in [1.54, 1.807) is 12.3 Å². The lowest BCUT2D eigenvalue weighted by atomic mass is 10.4. The molecule has 0 fully saturated rings. The van der Waals surface area contributed by atoms with Crippen LogP contribution >= 0.6 is 11.3 Å². The summed E-state index contributed by atoms with van der Waals surface area (Å²) in [7, 11) is 0. The van der Waals surface area contributed by atoms with Crippen LogP contribution in [0.3, 0.4) is 0 Å². The number of nitrogens with two attached hydrogens (primary N) is 2. The zero-order valence-corrected chi connectivity index (χ0v) is 6.43. The largest absolute Gasteiger partial charge is 0.397 e. The highest BCUT2D eigenvalue weighted by atomic mass is 32.1. The Kier molecular flexibility index (Phi) is 1.19. The summed E-state index contributed by atoms with van der Waals surface area (Å²) < 4.78 is 0.866. The van der Waals surface area contributed by atoms with Gasteiger partial charge >= 0.3 is 0 Å². The van der Waals surface area contributed by atoms with Gasteiger partial charge in [-0.25, -0.2) is 9.97 Å². The zero-order chi connectivity index (χ0) is 7.84. The average Bonchev–Trinajstić information content (AvgIpc) is 2.31. The molecule has 0 atom stereocenters. The predicted molar refractivity (Wildman–Crippen MR) is 46.2 cm³/mol. The van der Waals surface area contributed by atoms with Crippen LogP contribution in [0.2, 0.25) is 0 Å². The fourth-order valence-corrected chi connectivity index (χ4v) is 1.58. The molecule has 0 spiro atoms. The number of pyridine rings is 1. The fraction of sp³-hybridized carbons (Fsp3) is 0. The molecule has 0 aliphatic heterocycles. The van der Waals surface area contributed by atoms with Gasteiger partial charge < -0.3 is 11.5 Å². The fourth-order valence-electron chi connectivity index (χ4n) is 0.868. The summed E-state index contributed by atoms with van der Waals surface area (Å²) in [6.07, 6.45) is 1.62. The number of nitrogen functional groups attached to an aromatic ring is 2. The van der Waals surface area contributed by atoms with E-state index >= 15 is 0 Å². The van der Waals surface area contributed by atoms with Gasteiger partial charge in [0.25, 0.3) is 0 Å². The van der Waals surface area contributed by atoms with Crippen LogP contribution in [0.25, 0.3) is 10.3 Å². The van der Waals surface area contributed by atoms with Gasteiger partial charge in [0.2, 0.25) is 0 Å². The van der Waals surface area contributed by atoms with E-state index in [1.165, 1.54) is 11.3 Å². The molecule has 2 aromatic rings. The summed E-state index contributed by atoms with van der Waals surface area (Å²) >= 11 is 1.36. The van der Waals surface area contributed by atoms with Gasteiger partial charge in [0.1, 0.15) is 0 Å². The maximum absolute atomic E-state index is 5.64. The number of hydrogen-bond acceptors (Lipinski definition) is 5. The van der Waals surface area contributed by atoms with Gasteiger partial charge in [-0.2, -0.15) is 0 Å². The lowest BCUT2D eigenvalue weighted by Gasteiger charge is -1.89. The molecule has 0 saturated carbocycles. The summed E-state index contributed by atoms with van der Waals surface area (Å²) in [6.45, 7) is 0. The highest BCUT2D eigenvalue weighted by molar-refractivity contribution is 7.22. The Morgan fingerprint density at radius 3 is 2.91 bits per heavy atom. The number of hydrogen-bond donors (Lipinski definition) is 2. The minimum Gasteiger partial charge on any atom is -0.397 e. The lowest BCUT2D eigenvalue weighted by molar-refractivity contribution is 1.33. The van der Waals surface area contributed by atoms with Crippen LogP contribution in [0.4, 0.5) is 10.8 Å². The molecule has 0 radical (unpaired) electrons. The van der Waals surface area contributed by atoms with Crippen molar-refractivity contribution in [3.05, 3.63) is 12.3 Å². The Morgan fingerprint density at radius 1 is 1.36 bits per heavy atom. The van der Waals surface area contributed by atoms with E-state index in [2.05, 4.69) is 9.97 Å². The summed E-state index contributed by atoms with van der Waals surface area (Å²) in [6, 6.07) is 1.74. The van der Waals surface area contributed by atoms with Crippen molar-refractivity contribution in [1.29, 1.82) is 0 Å². The van der Waals surface area contributed by atoms with Crippen LogP contribution in [0, 0.1) is 0 Å². The first-order valence-corrected chi connectivity index (χ1v) is 3.85. The quantitative estimate of drug-likeness (QED) is 0.608. The lowest BCUT2D eigenvalue weighted by Crippen LogP contribution is -1.85. The molecule has 2 aromatic heterocycles. The van der Waals surface area contributed by atoms with Crippen molar-refractivity contribution in [3.63, 3.8) is 0 Å². The van der Waals surface area contributed by atoms with Crippen molar-refractivity contribution in [2.75, 3.05) is 11.5 Å². The second-order valence-electron chi connectivity index (χ2n) is 2.11. The molecule has 4 N–H and O–H groups in total. The predicted octanol–water partition coefficient (Wildman–Crippen LogP) is 0.856. The molecule has 11 heavy (non-hydrogen) atoms. The van der Waals surface area contributed by atoms with E-state index in [0.717, 1.165) is 4.70 Å². The van der Waals surface area contributed by atoms with E-state index in [0.29, 0.717) is 16.5 Å². The second kappa shape index (κ2) is 2.06. The van der Waals surface area contributed by atoms with Crippen LogP contribution in [0.1, 0.15) is 0 Å². The Bertz CT molecular complexity index is 394. The Hall–Kier alpha value is -1.36. The topological polar surface area (TPSA) is 77.8 Å². The molecule has 0 aliphatic rings. The Morgan fingerprint density at radius 2 is 2.18 bits per heavy atom. The third-order valence-electron chi connectivity index (χ3n) is 1.34. The van der Waals surface area contributed by atoms with Crippen molar-refractivity contribution in [3.8, 4) is 0 Å². The van der Waals surface area contributed by atoms with Gasteiger partial charge in [0, 0.05) is 6.20 Å². The molecule has 56 valence electrons. The molecule has 0 aliphatic carbocycles. The molecule has 0 aromatic carbocycles. The van der Waals surface area contributed by atoms with Crippen LogP contribution in [-0.2, 0) is 0 Å². The summed E-state index contributed by atoms with van der Waals surface area (Å²) in [5, 5.41) is 0.505. The minimum absolute atomic E-state index is 0.505. The number of anilines is 2. The number of fused-ring (bicyclic) bond motifs is 1. The third kappa shape index (κ3) is 0.894. The second-order valence-corrected chi connectivity index (χ2v) is 3.14. The standard InChI is InChI=1S/C6H6N4S/c7-3-1-2-9-5-4(3)11-6(8)10-5/h1-2H,(H4,7,8,9,10). The molecule has 5 heteroatoms. The van der Waals surface area contributed by atoms with E-state index < -0.39 is 0 Å². The van der Waals surface area contributed by atoms with Crippen molar-refractivity contribution in [2.24, 2.45) is 0 Å². The minimum atomic E-state index is 0.505.